The molecule has 0 aromatic carbocycles. The molecule has 5 nitrogen and oxygen atoms in total. The Bertz CT molecular complexity index is 504. The van der Waals surface area contributed by atoms with Gasteiger partial charge in [0.05, 0.1) is 11.2 Å². The first-order valence-corrected chi connectivity index (χ1v) is 7.82. The van der Waals surface area contributed by atoms with Crippen LogP contribution in [0.25, 0.3) is 0 Å². The predicted molar refractivity (Wildman–Crippen MR) is 76.9 cm³/mol. The molecule has 0 atom stereocenters. The van der Waals surface area contributed by atoms with Crippen LogP contribution < -0.4 is 5.32 Å². The number of aromatic nitrogens is 1. The summed E-state index contributed by atoms with van der Waals surface area (Å²) in [5.74, 6) is -0.672. The van der Waals surface area contributed by atoms with Gasteiger partial charge in [-0.15, -0.1) is 11.3 Å². The molecule has 0 aliphatic heterocycles. The lowest BCUT2D eigenvalue weighted by Crippen LogP contribution is -2.56. The SMILES string of the molecule is CCC1CCC(NC(=O)c2scnc2C)(C(=O)O)CC1. The zero-order valence-corrected chi connectivity index (χ0v) is 12.6. The number of amides is 1. The number of carbonyl (C=O) groups excluding carboxylic acids is 1. The molecule has 2 rings (SSSR count). The standard InChI is InChI=1S/C14H20N2O3S/c1-3-10-4-6-14(7-5-10,13(18)19)16-12(17)11-9(2)15-8-20-11/h8,10H,3-7H2,1-2H3,(H,16,17)(H,18,19). The number of carboxylic acids is 1. The Kier molecular flexibility index (Phi) is 4.42. The van der Waals surface area contributed by atoms with Crippen LogP contribution in [0.3, 0.4) is 0 Å². The number of rotatable bonds is 4. The lowest BCUT2D eigenvalue weighted by molar-refractivity contribution is -0.146. The summed E-state index contributed by atoms with van der Waals surface area (Å²) in [4.78, 5) is 28.4. The second kappa shape index (κ2) is 5.91. The van der Waals surface area contributed by atoms with Crippen molar-refractivity contribution in [1.82, 2.24) is 10.3 Å². The fourth-order valence-electron chi connectivity index (χ4n) is 2.76. The lowest BCUT2D eigenvalue weighted by atomic mass is 9.75. The van der Waals surface area contributed by atoms with Crippen molar-refractivity contribution in [2.45, 2.75) is 51.5 Å². The van der Waals surface area contributed by atoms with E-state index in [9.17, 15) is 14.7 Å². The fourth-order valence-corrected chi connectivity index (χ4v) is 3.46. The van der Waals surface area contributed by atoms with E-state index in [0.29, 0.717) is 29.3 Å². The van der Waals surface area contributed by atoms with Gasteiger partial charge in [-0.05, 0) is 38.5 Å². The van der Waals surface area contributed by atoms with Gasteiger partial charge in [0.2, 0.25) is 0 Å². The Labute approximate surface area is 122 Å². The lowest BCUT2D eigenvalue weighted by Gasteiger charge is -2.37. The Balaban J connectivity index is 2.13. The molecule has 0 radical (unpaired) electrons. The maximum atomic E-state index is 12.3. The highest BCUT2D eigenvalue weighted by molar-refractivity contribution is 7.11. The molecule has 2 N–H and O–H groups in total. The summed E-state index contributed by atoms with van der Waals surface area (Å²) in [6, 6.07) is 0. The molecule has 1 aliphatic rings. The van der Waals surface area contributed by atoms with Crippen LogP contribution >= 0.6 is 11.3 Å². The largest absolute Gasteiger partial charge is 0.480 e. The van der Waals surface area contributed by atoms with Crippen LogP contribution in [-0.2, 0) is 4.79 Å². The monoisotopic (exact) mass is 296 g/mol. The molecule has 0 saturated heterocycles. The summed E-state index contributed by atoms with van der Waals surface area (Å²) in [6.07, 6.45) is 3.78. The van der Waals surface area contributed by atoms with E-state index in [1.54, 1.807) is 12.4 Å². The summed E-state index contributed by atoms with van der Waals surface area (Å²) in [5, 5.41) is 12.3. The topological polar surface area (TPSA) is 79.3 Å². The molecular formula is C14H20N2O3S. The van der Waals surface area contributed by atoms with E-state index in [1.165, 1.54) is 11.3 Å². The van der Waals surface area contributed by atoms with E-state index in [-0.39, 0.29) is 5.91 Å². The highest BCUT2D eigenvalue weighted by Gasteiger charge is 2.43. The van der Waals surface area contributed by atoms with Gasteiger partial charge in [0.25, 0.3) is 5.91 Å². The van der Waals surface area contributed by atoms with E-state index in [4.69, 9.17) is 0 Å². The van der Waals surface area contributed by atoms with E-state index < -0.39 is 11.5 Å². The van der Waals surface area contributed by atoms with Crippen molar-refractivity contribution in [1.29, 1.82) is 0 Å². The van der Waals surface area contributed by atoms with Crippen molar-refractivity contribution in [3.63, 3.8) is 0 Å². The van der Waals surface area contributed by atoms with Crippen LogP contribution in [0.2, 0.25) is 0 Å². The molecule has 20 heavy (non-hydrogen) atoms. The number of nitrogens with one attached hydrogen (secondary N) is 1. The Hall–Kier alpha value is -1.43. The van der Waals surface area contributed by atoms with E-state index in [1.807, 2.05) is 0 Å². The molecule has 6 heteroatoms. The average molecular weight is 296 g/mol. The first-order chi connectivity index (χ1) is 9.48. The number of carbonyl (C=O) groups is 2. The van der Waals surface area contributed by atoms with Gasteiger partial charge in [-0.25, -0.2) is 9.78 Å². The van der Waals surface area contributed by atoms with Crippen LogP contribution in [0.15, 0.2) is 5.51 Å². The second-order valence-electron chi connectivity index (χ2n) is 5.46. The zero-order chi connectivity index (χ0) is 14.8. The fraction of sp³-hybridized carbons (Fsp3) is 0.643. The first kappa shape index (κ1) is 15.0. The van der Waals surface area contributed by atoms with Crippen molar-refractivity contribution in [3.05, 3.63) is 16.1 Å². The van der Waals surface area contributed by atoms with Gasteiger partial charge >= 0.3 is 5.97 Å². The van der Waals surface area contributed by atoms with Gasteiger partial charge in [-0.2, -0.15) is 0 Å². The predicted octanol–water partition coefficient (Wildman–Crippen LogP) is 2.60. The molecule has 1 fully saturated rings. The van der Waals surface area contributed by atoms with E-state index in [0.717, 1.165) is 19.3 Å². The zero-order valence-electron chi connectivity index (χ0n) is 11.8. The second-order valence-corrected chi connectivity index (χ2v) is 6.31. The molecule has 1 heterocycles. The number of thiazole rings is 1. The molecule has 1 saturated carbocycles. The summed E-state index contributed by atoms with van der Waals surface area (Å²) in [5.41, 5.74) is 1.14. The van der Waals surface area contributed by atoms with Crippen LogP contribution in [-0.4, -0.2) is 27.5 Å². The maximum absolute atomic E-state index is 12.3. The molecule has 1 aromatic heterocycles. The quantitative estimate of drug-likeness (QED) is 0.895. The van der Waals surface area contributed by atoms with Crippen molar-refractivity contribution in [2.75, 3.05) is 0 Å². The van der Waals surface area contributed by atoms with Crippen molar-refractivity contribution in [2.24, 2.45) is 5.92 Å². The van der Waals surface area contributed by atoms with Gasteiger partial charge in [0.15, 0.2) is 0 Å². The number of aryl methyl sites for hydroxylation is 1. The van der Waals surface area contributed by atoms with Crippen molar-refractivity contribution in [3.8, 4) is 0 Å². The third kappa shape index (κ3) is 2.85. The van der Waals surface area contributed by atoms with Gasteiger partial charge in [0.1, 0.15) is 10.4 Å². The Morgan fingerprint density at radius 2 is 2.15 bits per heavy atom. The van der Waals surface area contributed by atoms with E-state index in [2.05, 4.69) is 17.2 Å². The van der Waals surface area contributed by atoms with Crippen molar-refractivity contribution < 1.29 is 14.7 Å². The van der Waals surface area contributed by atoms with Crippen LogP contribution in [0, 0.1) is 12.8 Å². The Morgan fingerprint density at radius 1 is 1.50 bits per heavy atom. The number of hydrogen-bond donors (Lipinski definition) is 2. The molecule has 1 aliphatic carbocycles. The summed E-state index contributed by atoms with van der Waals surface area (Å²) < 4.78 is 0. The molecule has 0 spiro atoms. The number of hydrogen-bond acceptors (Lipinski definition) is 4. The maximum Gasteiger partial charge on any atom is 0.329 e. The summed E-state index contributed by atoms with van der Waals surface area (Å²) in [7, 11) is 0. The van der Waals surface area contributed by atoms with Crippen LogP contribution in [0.1, 0.15) is 54.4 Å². The normalized spacial score (nSPS) is 26.2. The van der Waals surface area contributed by atoms with Crippen LogP contribution in [0.4, 0.5) is 0 Å². The van der Waals surface area contributed by atoms with Crippen LogP contribution in [0.5, 0.6) is 0 Å². The average Bonchev–Trinajstić information content (AvgIpc) is 2.85. The van der Waals surface area contributed by atoms with Gasteiger partial charge < -0.3 is 10.4 Å². The molecule has 0 unspecified atom stereocenters. The third-order valence-corrected chi connectivity index (χ3v) is 5.18. The number of nitrogens with zero attached hydrogens (tertiary/aromatic N) is 1. The molecule has 110 valence electrons. The Morgan fingerprint density at radius 3 is 2.60 bits per heavy atom. The third-order valence-electron chi connectivity index (χ3n) is 4.25. The van der Waals surface area contributed by atoms with Gasteiger partial charge in [-0.1, -0.05) is 13.3 Å². The molecular weight excluding hydrogens is 276 g/mol. The highest BCUT2D eigenvalue weighted by atomic mass is 32.1. The minimum Gasteiger partial charge on any atom is -0.480 e. The van der Waals surface area contributed by atoms with Gasteiger partial charge in [0, 0.05) is 0 Å². The summed E-state index contributed by atoms with van der Waals surface area (Å²) in [6.45, 7) is 3.88. The highest BCUT2D eigenvalue weighted by Crippen LogP contribution is 2.34. The first-order valence-electron chi connectivity index (χ1n) is 6.94. The molecule has 1 amide bonds. The summed E-state index contributed by atoms with van der Waals surface area (Å²) >= 11 is 1.25. The minimum absolute atomic E-state index is 0.317. The van der Waals surface area contributed by atoms with E-state index >= 15 is 0 Å². The number of aliphatic carboxylic acids is 1. The molecule has 0 bridgehead atoms. The smallest absolute Gasteiger partial charge is 0.329 e. The van der Waals surface area contributed by atoms with Crippen molar-refractivity contribution >= 4 is 23.2 Å². The number of carboxylic acid groups (broad SMARTS) is 1. The molecule has 1 aromatic rings. The van der Waals surface area contributed by atoms with Gasteiger partial charge in [-0.3, -0.25) is 4.79 Å². The minimum atomic E-state index is -1.11.